The predicted molar refractivity (Wildman–Crippen MR) is 153 cm³/mol. The topological polar surface area (TPSA) is 116 Å². The molecule has 1 heterocycles. The maximum Gasteiger partial charge on any atom is 0.271 e. The number of aliphatic imine (C=N–C) groups is 1. The summed E-state index contributed by atoms with van der Waals surface area (Å²) in [6.07, 6.45) is 0.626. The molecule has 4 aromatic rings. The number of fused-ring (bicyclic) bond motifs is 1. The Morgan fingerprint density at radius 1 is 1.00 bits per heavy atom. The standard InChI is InChI=1S/C28H29N3O6S2/c1-17(2)39(33,34)21-12-8-19(9-13-21)26(37-20-10-6-18(7-11-20)16-29-3)27(32)31-28-30-22-14-23(35-4)24(36-5)15-25(22)38-28/h6-17,26H,1-5H3,(H,30,31,32). The number of aromatic nitrogens is 1. The van der Waals surface area contributed by atoms with Crippen molar-refractivity contribution in [1.82, 2.24) is 4.98 Å². The Kier molecular flexibility index (Phi) is 8.51. The van der Waals surface area contributed by atoms with E-state index in [2.05, 4.69) is 15.3 Å². The molecule has 0 spiro atoms. The molecular weight excluding hydrogens is 538 g/mol. The van der Waals surface area contributed by atoms with Crippen molar-refractivity contribution < 1.29 is 27.4 Å². The number of methoxy groups -OCH3 is 2. The maximum atomic E-state index is 13.5. The molecule has 0 radical (unpaired) electrons. The van der Waals surface area contributed by atoms with Crippen molar-refractivity contribution in [1.29, 1.82) is 0 Å². The molecule has 0 saturated carbocycles. The number of rotatable bonds is 10. The summed E-state index contributed by atoms with van der Waals surface area (Å²) in [6.45, 7) is 3.25. The fourth-order valence-electron chi connectivity index (χ4n) is 3.77. The lowest BCUT2D eigenvalue weighted by Gasteiger charge is -2.19. The van der Waals surface area contributed by atoms with E-state index in [0.29, 0.717) is 33.5 Å². The molecule has 1 unspecified atom stereocenters. The van der Waals surface area contributed by atoms with Gasteiger partial charge in [0.1, 0.15) is 5.75 Å². The number of hydrogen-bond donors (Lipinski definition) is 1. The van der Waals surface area contributed by atoms with Gasteiger partial charge in [0.15, 0.2) is 26.5 Å². The molecule has 0 bridgehead atoms. The number of nitrogens with zero attached hydrogens (tertiary/aromatic N) is 2. The van der Waals surface area contributed by atoms with E-state index < -0.39 is 27.1 Å². The van der Waals surface area contributed by atoms with E-state index in [9.17, 15) is 13.2 Å². The monoisotopic (exact) mass is 567 g/mol. The van der Waals surface area contributed by atoms with Gasteiger partial charge in [0.2, 0.25) is 6.10 Å². The van der Waals surface area contributed by atoms with Crippen LogP contribution < -0.4 is 19.5 Å². The Balaban J connectivity index is 1.66. The number of sulfone groups is 1. The number of anilines is 1. The molecule has 0 aliphatic carbocycles. The maximum absolute atomic E-state index is 13.5. The Morgan fingerprint density at radius 3 is 2.23 bits per heavy atom. The van der Waals surface area contributed by atoms with E-state index in [0.717, 1.165) is 10.3 Å². The van der Waals surface area contributed by atoms with Crippen LogP contribution in [0, 0.1) is 0 Å². The molecule has 1 aromatic heterocycles. The van der Waals surface area contributed by atoms with Gasteiger partial charge in [-0.2, -0.15) is 0 Å². The average molecular weight is 568 g/mol. The van der Waals surface area contributed by atoms with Crippen molar-refractivity contribution in [2.24, 2.45) is 4.99 Å². The Morgan fingerprint density at radius 2 is 1.64 bits per heavy atom. The minimum absolute atomic E-state index is 0.178. The van der Waals surface area contributed by atoms with E-state index in [1.54, 1.807) is 77.7 Å². The molecule has 1 atom stereocenters. The number of benzene rings is 3. The second-order valence-electron chi connectivity index (χ2n) is 8.80. The van der Waals surface area contributed by atoms with Gasteiger partial charge < -0.3 is 14.2 Å². The summed E-state index contributed by atoms with van der Waals surface area (Å²) in [6, 6.07) is 16.8. The zero-order valence-electron chi connectivity index (χ0n) is 22.2. The van der Waals surface area contributed by atoms with Gasteiger partial charge in [-0.3, -0.25) is 15.1 Å². The number of ether oxygens (including phenoxy) is 3. The predicted octanol–water partition coefficient (Wildman–Crippen LogP) is 5.30. The van der Waals surface area contributed by atoms with Crippen LogP contribution >= 0.6 is 11.3 Å². The number of carbonyl (C=O) groups excluding carboxylic acids is 1. The summed E-state index contributed by atoms with van der Waals surface area (Å²) in [5.41, 5.74) is 2.01. The summed E-state index contributed by atoms with van der Waals surface area (Å²) in [5, 5.41) is 2.64. The number of hydrogen-bond acceptors (Lipinski definition) is 9. The smallest absolute Gasteiger partial charge is 0.271 e. The summed E-state index contributed by atoms with van der Waals surface area (Å²) in [4.78, 5) is 22.2. The highest BCUT2D eigenvalue weighted by molar-refractivity contribution is 7.92. The van der Waals surface area contributed by atoms with Crippen molar-refractivity contribution in [3.63, 3.8) is 0 Å². The molecule has 11 heteroatoms. The number of amides is 1. The molecule has 1 N–H and O–H groups in total. The van der Waals surface area contributed by atoms with Crippen molar-refractivity contribution >= 4 is 48.6 Å². The minimum atomic E-state index is -3.47. The van der Waals surface area contributed by atoms with Gasteiger partial charge in [-0.15, -0.1) is 0 Å². The van der Waals surface area contributed by atoms with Crippen LogP contribution in [0.1, 0.15) is 31.1 Å². The second-order valence-corrected chi connectivity index (χ2v) is 12.3. The van der Waals surface area contributed by atoms with Gasteiger partial charge in [-0.25, -0.2) is 13.4 Å². The van der Waals surface area contributed by atoms with Crippen LogP contribution in [-0.2, 0) is 14.6 Å². The molecular formula is C28H29N3O6S2. The van der Waals surface area contributed by atoms with Crippen LogP contribution in [0.4, 0.5) is 5.13 Å². The largest absolute Gasteiger partial charge is 0.493 e. The normalized spacial score (nSPS) is 12.6. The number of nitrogens with one attached hydrogen (secondary N) is 1. The summed E-state index contributed by atoms with van der Waals surface area (Å²) >= 11 is 1.28. The highest BCUT2D eigenvalue weighted by atomic mass is 32.2. The van der Waals surface area contributed by atoms with E-state index in [-0.39, 0.29) is 4.90 Å². The van der Waals surface area contributed by atoms with Crippen LogP contribution in [0.25, 0.3) is 10.2 Å². The lowest BCUT2D eigenvalue weighted by molar-refractivity contribution is -0.123. The van der Waals surface area contributed by atoms with Crippen molar-refractivity contribution in [2.45, 2.75) is 30.1 Å². The Hall–Kier alpha value is -3.96. The molecule has 39 heavy (non-hydrogen) atoms. The second kappa shape index (κ2) is 11.8. The third-order valence-corrected chi connectivity index (χ3v) is 9.01. The van der Waals surface area contributed by atoms with Crippen LogP contribution in [0.3, 0.4) is 0 Å². The SMILES string of the molecule is CN=Cc1ccc(OC(C(=O)Nc2nc3cc(OC)c(OC)cc3s2)c2ccc(S(=O)(=O)C(C)C)cc2)cc1. The summed E-state index contributed by atoms with van der Waals surface area (Å²) in [5.74, 6) is 1.08. The Bertz CT molecular complexity index is 1550. The fraction of sp³-hybridized carbons (Fsp3) is 0.250. The fourth-order valence-corrected chi connectivity index (χ4v) is 5.71. The van der Waals surface area contributed by atoms with E-state index in [4.69, 9.17) is 14.2 Å². The van der Waals surface area contributed by atoms with Gasteiger partial charge in [-0.1, -0.05) is 23.5 Å². The number of carbonyl (C=O) groups is 1. The first-order valence-corrected chi connectivity index (χ1v) is 14.4. The minimum Gasteiger partial charge on any atom is -0.493 e. The first-order valence-electron chi connectivity index (χ1n) is 12.0. The zero-order valence-corrected chi connectivity index (χ0v) is 23.8. The van der Waals surface area contributed by atoms with Crippen LogP contribution in [0.15, 0.2) is 70.6 Å². The van der Waals surface area contributed by atoms with Crippen LogP contribution in [0.2, 0.25) is 0 Å². The lowest BCUT2D eigenvalue weighted by Crippen LogP contribution is -2.26. The summed E-state index contributed by atoms with van der Waals surface area (Å²) in [7, 11) is 1.31. The average Bonchev–Trinajstić information content (AvgIpc) is 3.32. The first-order chi connectivity index (χ1) is 18.7. The van der Waals surface area contributed by atoms with E-state index in [1.165, 1.54) is 23.5 Å². The number of thiazole rings is 1. The zero-order chi connectivity index (χ0) is 28.2. The lowest BCUT2D eigenvalue weighted by atomic mass is 10.1. The third kappa shape index (κ3) is 6.21. The molecule has 4 rings (SSSR count). The summed E-state index contributed by atoms with van der Waals surface area (Å²) < 4.78 is 42.8. The molecule has 9 nitrogen and oxygen atoms in total. The molecule has 1 amide bonds. The van der Waals surface area contributed by atoms with Crippen LogP contribution in [0.5, 0.6) is 17.2 Å². The Labute approximate surface area is 231 Å². The van der Waals surface area contributed by atoms with Crippen LogP contribution in [-0.4, -0.2) is 52.0 Å². The third-order valence-electron chi connectivity index (χ3n) is 5.91. The highest BCUT2D eigenvalue weighted by Gasteiger charge is 2.26. The van der Waals surface area contributed by atoms with Crippen molar-refractivity contribution in [3.05, 3.63) is 71.8 Å². The van der Waals surface area contributed by atoms with Gasteiger partial charge in [0.05, 0.1) is 34.6 Å². The van der Waals surface area contributed by atoms with Gasteiger partial charge in [-0.05, 0) is 55.8 Å². The van der Waals surface area contributed by atoms with E-state index >= 15 is 0 Å². The van der Waals surface area contributed by atoms with Crippen molar-refractivity contribution in [2.75, 3.05) is 26.6 Å². The highest BCUT2D eigenvalue weighted by Crippen LogP contribution is 2.36. The van der Waals surface area contributed by atoms with Gasteiger partial charge in [0, 0.05) is 31.0 Å². The molecule has 3 aromatic carbocycles. The van der Waals surface area contributed by atoms with Gasteiger partial charge in [0.25, 0.3) is 5.91 Å². The molecule has 0 saturated heterocycles. The molecule has 0 fully saturated rings. The molecule has 204 valence electrons. The molecule has 0 aliphatic rings. The van der Waals surface area contributed by atoms with Gasteiger partial charge >= 0.3 is 0 Å². The molecule has 0 aliphatic heterocycles. The first kappa shape index (κ1) is 28.1. The van der Waals surface area contributed by atoms with E-state index in [1.807, 2.05) is 12.1 Å². The van der Waals surface area contributed by atoms with Crippen molar-refractivity contribution in [3.8, 4) is 17.2 Å². The quantitative estimate of drug-likeness (QED) is 0.258.